The molecule has 1 aliphatic heterocycles. The third-order valence-corrected chi connectivity index (χ3v) is 3.91. The van der Waals surface area contributed by atoms with Gasteiger partial charge in [0.15, 0.2) is 0 Å². The van der Waals surface area contributed by atoms with Gasteiger partial charge < -0.3 is 5.73 Å². The molecule has 0 bridgehead atoms. The van der Waals surface area contributed by atoms with Gasteiger partial charge in [-0.25, -0.2) is 4.79 Å². The average molecular weight is 269 g/mol. The first-order valence-electron chi connectivity index (χ1n) is 7.24. The minimum atomic E-state index is -0.868. The van der Waals surface area contributed by atoms with Gasteiger partial charge in [-0.05, 0) is 26.7 Å². The Morgan fingerprint density at radius 1 is 1.16 bits per heavy atom. The summed E-state index contributed by atoms with van der Waals surface area (Å²) in [5, 5.41) is 2.38. The standard InChI is InChI=1S/C14H27N3O2/c1-5-7-9-14(15,10-8-6-2)17-12(19)16-11(18)13(17,3)4/h5-10,15H2,1-4H3,(H,16,18,19). The van der Waals surface area contributed by atoms with Crippen LogP contribution >= 0.6 is 0 Å². The van der Waals surface area contributed by atoms with Gasteiger partial charge >= 0.3 is 6.03 Å². The zero-order valence-corrected chi connectivity index (χ0v) is 12.6. The van der Waals surface area contributed by atoms with E-state index in [1.54, 1.807) is 18.7 Å². The highest BCUT2D eigenvalue weighted by molar-refractivity contribution is 6.06. The van der Waals surface area contributed by atoms with Crippen LogP contribution in [-0.2, 0) is 4.79 Å². The second-order valence-corrected chi connectivity index (χ2v) is 5.96. The van der Waals surface area contributed by atoms with Crippen LogP contribution in [0.4, 0.5) is 4.79 Å². The van der Waals surface area contributed by atoms with Crippen LogP contribution < -0.4 is 11.1 Å². The van der Waals surface area contributed by atoms with Crippen molar-refractivity contribution in [3.8, 4) is 0 Å². The summed E-state index contributed by atoms with van der Waals surface area (Å²) in [6.07, 6.45) is 5.41. The highest BCUT2D eigenvalue weighted by Gasteiger charge is 2.53. The Labute approximate surface area is 115 Å². The van der Waals surface area contributed by atoms with E-state index in [1.165, 1.54) is 0 Å². The highest BCUT2D eigenvalue weighted by Crippen LogP contribution is 2.33. The monoisotopic (exact) mass is 269 g/mol. The molecule has 0 saturated carbocycles. The predicted octanol–water partition coefficient (Wildman–Crippen LogP) is 2.35. The summed E-state index contributed by atoms with van der Waals surface area (Å²) in [6.45, 7) is 7.71. The molecule has 1 heterocycles. The van der Waals surface area contributed by atoms with E-state index in [4.69, 9.17) is 5.73 Å². The van der Waals surface area contributed by atoms with Crippen molar-refractivity contribution in [2.45, 2.75) is 77.4 Å². The van der Waals surface area contributed by atoms with Gasteiger partial charge in [-0.2, -0.15) is 0 Å². The number of hydrogen-bond acceptors (Lipinski definition) is 3. The number of urea groups is 1. The minimum Gasteiger partial charge on any atom is -0.309 e. The van der Waals surface area contributed by atoms with Crippen LogP contribution in [0, 0.1) is 0 Å². The van der Waals surface area contributed by atoms with Crippen LogP contribution in [0.2, 0.25) is 0 Å². The van der Waals surface area contributed by atoms with Gasteiger partial charge in [0, 0.05) is 0 Å². The molecule has 1 saturated heterocycles. The molecule has 110 valence electrons. The van der Waals surface area contributed by atoms with Crippen LogP contribution in [0.1, 0.15) is 66.2 Å². The van der Waals surface area contributed by atoms with Crippen molar-refractivity contribution in [2.24, 2.45) is 5.73 Å². The van der Waals surface area contributed by atoms with Crippen molar-refractivity contribution in [3.05, 3.63) is 0 Å². The third-order valence-electron chi connectivity index (χ3n) is 3.91. The number of nitrogens with two attached hydrogens (primary N) is 1. The van der Waals surface area contributed by atoms with Gasteiger partial charge in [-0.15, -0.1) is 0 Å². The lowest BCUT2D eigenvalue weighted by molar-refractivity contribution is -0.127. The molecule has 0 aromatic rings. The molecule has 3 N–H and O–H groups in total. The zero-order chi connectivity index (χ0) is 14.7. The molecule has 0 aromatic heterocycles. The number of hydrogen-bond donors (Lipinski definition) is 2. The van der Waals surface area contributed by atoms with Crippen molar-refractivity contribution in [2.75, 3.05) is 0 Å². The van der Waals surface area contributed by atoms with Crippen LogP contribution in [0.5, 0.6) is 0 Å². The Morgan fingerprint density at radius 3 is 1.95 bits per heavy atom. The topological polar surface area (TPSA) is 75.4 Å². The largest absolute Gasteiger partial charge is 0.326 e. The molecule has 1 fully saturated rings. The summed E-state index contributed by atoms with van der Waals surface area (Å²) in [7, 11) is 0. The third kappa shape index (κ3) is 3.08. The second-order valence-electron chi connectivity index (χ2n) is 5.96. The smallest absolute Gasteiger partial charge is 0.309 e. The van der Waals surface area contributed by atoms with E-state index in [0.29, 0.717) is 0 Å². The molecule has 5 heteroatoms. The van der Waals surface area contributed by atoms with Crippen LogP contribution in [-0.4, -0.2) is 28.0 Å². The lowest BCUT2D eigenvalue weighted by atomic mass is 9.90. The van der Waals surface area contributed by atoms with E-state index in [1.807, 2.05) is 0 Å². The number of nitrogens with zero attached hydrogens (tertiary/aromatic N) is 1. The first-order chi connectivity index (χ1) is 8.79. The molecule has 0 radical (unpaired) electrons. The van der Waals surface area contributed by atoms with Crippen LogP contribution in [0.15, 0.2) is 0 Å². The average Bonchev–Trinajstić information content (AvgIpc) is 2.53. The van der Waals surface area contributed by atoms with Gasteiger partial charge in [0.1, 0.15) is 5.54 Å². The molecular formula is C14H27N3O2. The number of amides is 3. The van der Waals surface area contributed by atoms with E-state index in [2.05, 4.69) is 19.2 Å². The van der Waals surface area contributed by atoms with E-state index in [-0.39, 0.29) is 11.9 Å². The Bertz CT molecular complexity index is 345. The van der Waals surface area contributed by atoms with Crippen molar-refractivity contribution in [3.63, 3.8) is 0 Å². The summed E-state index contributed by atoms with van der Waals surface area (Å²) < 4.78 is 0. The molecule has 0 spiro atoms. The molecular weight excluding hydrogens is 242 g/mol. The van der Waals surface area contributed by atoms with Crippen LogP contribution in [0.3, 0.4) is 0 Å². The molecule has 1 aliphatic rings. The minimum absolute atomic E-state index is 0.264. The van der Waals surface area contributed by atoms with Crippen molar-refractivity contribution in [1.29, 1.82) is 0 Å². The first-order valence-corrected chi connectivity index (χ1v) is 7.24. The Hall–Kier alpha value is -1.10. The molecule has 3 amide bonds. The number of carbonyl (C=O) groups is 2. The summed E-state index contributed by atoms with van der Waals surface area (Å²) in [6, 6.07) is -0.357. The van der Waals surface area contributed by atoms with E-state index >= 15 is 0 Å². The zero-order valence-electron chi connectivity index (χ0n) is 12.6. The number of nitrogens with one attached hydrogen (secondary N) is 1. The lowest BCUT2D eigenvalue weighted by Crippen LogP contribution is -2.63. The summed E-state index contributed by atoms with van der Waals surface area (Å²) in [5.74, 6) is -0.264. The van der Waals surface area contributed by atoms with Gasteiger partial charge in [0.05, 0.1) is 5.66 Å². The second kappa shape index (κ2) is 5.90. The Balaban J connectivity index is 3.01. The molecule has 5 nitrogen and oxygen atoms in total. The predicted molar refractivity (Wildman–Crippen MR) is 75.4 cm³/mol. The maximum absolute atomic E-state index is 12.1. The van der Waals surface area contributed by atoms with E-state index < -0.39 is 11.2 Å². The number of carbonyl (C=O) groups excluding carboxylic acids is 2. The highest BCUT2D eigenvalue weighted by atomic mass is 16.2. The summed E-state index contributed by atoms with van der Waals surface area (Å²) >= 11 is 0. The van der Waals surface area contributed by atoms with E-state index in [9.17, 15) is 9.59 Å². The van der Waals surface area contributed by atoms with Gasteiger partial charge in [-0.3, -0.25) is 15.0 Å². The van der Waals surface area contributed by atoms with Crippen molar-refractivity contribution >= 4 is 11.9 Å². The maximum Gasteiger partial charge on any atom is 0.326 e. The fourth-order valence-electron chi connectivity index (χ4n) is 2.73. The number of rotatable bonds is 7. The van der Waals surface area contributed by atoms with Crippen molar-refractivity contribution in [1.82, 2.24) is 10.2 Å². The van der Waals surface area contributed by atoms with E-state index in [0.717, 1.165) is 38.5 Å². The van der Waals surface area contributed by atoms with Gasteiger partial charge in [0.2, 0.25) is 0 Å². The summed E-state index contributed by atoms with van der Waals surface area (Å²) in [5.41, 5.74) is 4.92. The molecule has 1 rings (SSSR count). The van der Waals surface area contributed by atoms with Crippen LogP contribution in [0.25, 0.3) is 0 Å². The van der Waals surface area contributed by atoms with Gasteiger partial charge in [0.25, 0.3) is 5.91 Å². The molecule has 0 unspecified atom stereocenters. The molecule has 0 aliphatic carbocycles. The number of imide groups is 1. The number of unbranched alkanes of at least 4 members (excludes halogenated alkanes) is 2. The van der Waals surface area contributed by atoms with Crippen molar-refractivity contribution < 1.29 is 9.59 Å². The Kier molecular flexibility index (Phi) is 4.96. The summed E-state index contributed by atoms with van der Waals surface area (Å²) in [4.78, 5) is 25.5. The fourth-order valence-corrected chi connectivity index (χ4v) is 2.73. The maximum atomic E-state index is 12.1. The quantitative estimate of drug-likeness (QED) is 0.697. The van der Waals surface area contributed by atoms with Gasteiger partial charge in [-0.1, -0.05) is 39.5 Å². The molecule has 19 heavy (non-hydrogen) atoms. The first kappa shape index (κ1) is 16.0. The lowest BCUT2D eigenvalue weighted by Gasteiger charge is -2.44. The molecule has 0 atom stereocenters. The SMILES string of the molecule is CCCCC(N)(CCCC)N1C(=O)NC(=O)C1(C)C. The Morgan fingerprint density at radius 2 is 1.63 bits per heavy atom. The normalized spacial score (nSPS) is 18.9. The molecule has 0 aromatic carbocycles. The fraction of sp³-hybridized carbons (Fsp3) is 0.857.